The lowest BCUT2D eigenvalue weighted by Crippen LogP contribution is -2.31. The van der Waals surface area contributed by atoms with Crippen LogP contribution in [-0.4, -0.2) is 37.6 Å². The molecule has 0 saturated heterocycles. The summed E-state index contributed by atoms with van der Waals surface area (Å²) in [6.45, 7) is 2.78. The summed E-state index contributed by atoms with van der Waals surface area (Å²) in [6, 6.07) is 8.65. The predicted molar refractivity (Wildman–Crippen MR) is 104 cm³/mol. The molecule has 1 N–H and O–H groups in total. The second kappa shape index (κ2) is 9.54. The Hall–Kier alpha value is -3.62. The zero-order valence-electron chi connectivity index (χ0n) is 16.6. The van der Waals surface area contributed by atoms with Crippen LogP contribution in [0.3, 0.4) is 0 Å². The number of nitrogens with zero attached hydrogens (tertiary/aromatic N) is 1. The van der Waals surface area contributed by atoms with E-state index in [4.69, 9.17) is 14.2 Å². The number of carbonyl (C=O) groups is 2. The van der Waals surface area contributed by atoms with Gasteiger partial charge in [0, 0.05) is 17.2 Å². The Balaban J connectivity index is 1.98. The van der Waals surface area contributed by atoms with Gasteiger partial charge in [-0.05, 0) is 44.2 Å². The standard InChI is InChI=1S/C20H22N2O7/c1-12-9-14(5-7-17(12)22(25)26)20(24)29-11-19(23)21-13(2)16-10-15(27-3)6-8-18(16)28-4/h5-10,13H,11H2,1-4H3,(H,21,23)/t13-/m0/s1. The number of ether oxygens (including phenoxy) is 3. The maximum absolute atomic E-state index is 12.2. The fourth-order valence-corrected chi connectivity index (χ4v) is 2.74. The van der Waals surface area contributed by atoms with Crippen molar-refractivity contribution in [3.05, 3.63) is 63.2 Å². The minimum atomic E-state index is -0.746. The van der Waals surface area contributed by atoms with E-state index in [1.807, 2.05) is 0 Å². The van der Waals surface area contributed by atoms with Crippen molar-refractivity contribution in [3.8, 4) is 11.5 Å². The molecule has 2 aromatic rings. The van der Waals surface area contributed by atoms with Crippen molar-refractivity contribution in [2.75, 3.05) is 20.8 Å². The monoisotopic (exact) mass is 402 g/mol. The lowest BCUT2D eigenvalue weighted by Gasteiger charge is -2.18. The van der Waals surface area contributed by atoms with Crippen molar-refractivity contribution in [2.24, 2.45) is 0 Å². The van der Waals surface area contributed by atoms with Gasteiger partial charge >= 0.3 is 5.97 Å². The molecule has 2 aromatic carbocycles. The van der Waals surface area contributed by atoms with Crippen molar-refractivity contribution >= 4 is 17.6 Å². The number of hydrogen-bond acceptors (Lipinski definition) is 7. The summed E-state index contributed by atoms with van der Waals surface area (Å²) in [4.78, 5) is 34.6. The molecule has 9 nitrogen and oxygen atoms in total. The molecular weight excluding hydrogens is 380 g/mol. The maximum atomic E-state index is 12.2. The average Bonchev–Trinajstić information content (AvgIpc) is 2.70. The minimum Gasteiger partial charge on any atom is -0.497 e. The molecule has 0 unspecified atom stereocenters. The molecule has 154 valence electrons. The number of aryl methyl sites for hydroxylation is 1. The summed E-state index contributed by atoms with van der Waals surface area (Å²) in [5.41, 5.74) is 1.06. The Kier molecular flexibility index (Phi) is 7.13. The van der Waals surface area contributed by atoms with Crippen LogP contribution in [0.25, 0.3) is 0 Å². The van der Waals surface area contributed by atoms with E-state index >= 15 is 0 Å². The molecule has 1 atom stereocenters. The first-order chi connectivity index (χ1) is 13.8. The van der Waals surface area contributed by atoms with Gasteiger partial charge in [0.25, 0.3) is 11.6 Å². The number of carbonyl (C=O) groups excluding carboxylic acids is 2. The van der Waals surface area contributed by atoms with Crippen LogP contribution in [0.2, 0.25) is 0 Å². The molecule has 0 heterocycles. The molecule has 2 rings (SSSR count). The van der Waals surface area contributed by atoms with Crippen LogP contribution < -0.4 is 14.8 Å². The largest absolute Gasteiger partial charge is 0.497 e. The van der Waals surface area contributed by atoms with Gasteiger partial charge < -0.3 is 19.5 Å². The normalized spacial score (nSPS) is 11.3. The number of nitro benzene ring substituents is 1. The van der Waals surface area contributed by atoms with E-state index in [1.54, 1.807) is 25.1 Å². The lowest BCUT2D eigenvalue weighted by atomic mass is 10.1. The van der Waals surface area contributed by atoms with Gasteiger partial charge in [-0.25, -0.2) is 4.79 Å². The number of methoxy groups -OCH3 is 2. The van der Waals surface area contributed by atoms with Gasteiger partial charge in [0.1, 0.15) is 11.5 Å². The van der Waals surface area contributed by atoms with Gasteiger partial charge in [-0.3, -0.25) is 14.9 Å². The number of esters is 1. The van der Waals surface area contributed by atoms with E-state index in [1.165, 1.54) is 39.3 Å². The van der Waals surface area contributed by atoms with Crippen molar-refractivity contribution in [2.45, 2.75) is 19.9 Å². The first-order valence-electron chi connectivity index (χ1n) is 8.70. The molecule has 0 fully saturated rings. The quantitative estimate of drug-likeness (QED) is 0.410. The van der Waals surface area contributed by atoms with Gasteiger partial charge in [0.15, 0.2) is 6.61 Å². The number of rotatable bonds is 8. The number of hydrogen-bond donors (Lipinski definition) is 1. The third kappa shape index (κ3) is 5.44. The number of nitro groups is 1. The van der Waals surface area contributed by atoms with Crippen LogP contribution in [0.4, 0.5) is 5.69 Å². The summed E-state index contributed by atoms with van der Waals surface area (Å²) in [5.74, 6) is -0.0575. The highest BCUT2D eigenvalue weighted by atomic mass is 16.6. The highest BCUT2D eigenvalue weighted by Gasteiger charge is 2.18. The molecule has 9 heteroatoms. The van der Waals surface area contributed by atoms with Crippen molar-refractivity contribution in [3.63, 3.8) is 0 Å². The summed E-state index contributed by atoms with van der Waals surface area (Å²) in [6.07, 6.45) is 0. The van der Waals surface area contributed by atoms with E-state index in [-0.39, 0.29) is 11.3 Å². The molecule has 1 amide bonds. The molecule has 0 saturated carbocycles. The van der Waals surface area contributed by atoms with Crippen molar-refractivity contribution in [1.29, 1.82) is 0 Å². The van der Waals surface area contributed by atoms with E-state index in [0.29, 0.717) is 22.6 Å². The molecular formula is C20H22N2O7. The van der Waals surface area contributed by atoms with Crippen LogP contribution in [0.5, 0.6) is 11.5 Å². The average molecular weight is 402 g/mol. The number of benzene rings is 2. The van der Waals surface area contributed by atoms with Crippen LogP contribution >= 0.6 is 0 Å². The van der Waals surface area contributed by atoms with Crippen LogP contribution in [-0.2, 0) is 9.53 Å². The fraction of sp³-hybridized carbons (Fsp3) is 0.300. The van der Waals surface area contributed by atoms with E-state index in [0.717, 1.165) is 0 Å². The molecule has 0 bridgehead atoms. The molecule has 0 spiro atoms. The first kappa shape index (κ1) is 21.7. The Labute approximate surface area is 167 Å². The van der Waals surface area contributed by atoms with Crippen LogP contribution in [0.15, 0.2) is 36.4 Å². The Morgan fingerprint density at radius 2 is 1.86 bits per heavy atom. The third-order valence-electron chi connectivity index (χ3n) is 4.24. The number of amides is 1. The lowest BCUT2D eigenvalue weighted by molar-refractivity contribution is -0.385. The third-order valence-corrected chi connectivity index (χ3v) is 4.24. The van der Waals surface area contributed by atoms with Gasteiger partial charge in [-0.1, -0.05) is 0 Å². The van der Waals surface area contributed by atoms with Crippen molar-refractivity contribution in [1.82, 2.24) is 5.32 Å². The van der Waals surface area contributed by atoms with E-state index < -0.39 is 29.4 Å². The Morgan fingerprint density at radius 3 is 2.45 bits per heavy atom. The molecule has 29 heavy (non-hydrogen) atoms. The Bertz CT molecular complexity index is 927. The SMILES string of the molecule is COc1ccc(OC)c([C@H](C)NC(=O)COC(=O)c2ccc([N+](=O)[O-])c(C)c2)c1. The maximum Gasteiger partial charge on any atom is 0.338 e. The first-order valence-corrected chi connectivity index (χ1v) is 8.70. The summed E-state index contributed by atoms with van der Waals surface area (Å²) in [5, 5.41) is 13.6. The molecule has 0 aromatic heterocycles. The molecule has 0 aliphatic heterocycles. The zero-order chi connectivity index (χ0) is 21.6. The van der Waals surface area contributed by atoms with E-state index in [2.05, 4.69) is 5.32 Å². The van der Waals surface area contributed by atoms with Crippen molar-refractivity contribution < 1.29 is 28.7 Å². The molecule has 0 aliphatic carbocycles. The predicted octanol–water partition coefficient (Wildman–Crippen LogP) is 2.95. The summed E-state index contributed by atoms with van der Waals surface area (Å²) >= 11 is 0. The number of nitrogens with one attached hydrogen (secondary N) is 1. The second-order valence-electron chi connectivity index (χ2n) is 6.23. The topological polar surface area (TPSA) is 117 Å². The van der Waals surface area contributed by atoms with Crippen LogP contribution in [0.1, 0.15) is 34.5 Å². The van der Waals surface area contributed by atoms with Gasteiger partial charge in [-0.15, -0.1) is 0 Å². The molecule has 0 aliphatic rings. The summed E-state index contributed by atoms with van der Waals surface area (Å²) < 4.78 is 15.5. The fourth-order valence-electron chi connectivity index (χ4n) is 2.74. The van der Waals surface area contributed by atoms with Gasteiger partial charge in [0.05, 0.1) is 30.7 Å². The van der Waals surface area contributed by atoms with Crippen LogP contribution in [0, 0.1) is 17.0 Å². The second-order valence-corrected chi connectivity index (χ2v) is 6.23. The zero-order valence-corrected chi connectivity index (χ0v) is 16.6. The highest BCUT2D eigenvalue weighted by Crippen LogP contribution is 2.29. The summed E-state index contributed by atoms with van der Waals surface area (Å²) in [7, 11) is 3.06. The smallest absolute Gasteiger partial charge is 0.338 e. The van der Waals surface area contributed by atoms with Gasteiger partial charge in [-0.2, -0.15) is 0 Å². The van der Waals surface area contributed by atoms with Gasteiger partial charge in [0.2, 0.25) is 0 Å². The van der Waals surface area contributed by atoms with E-state index in [9.17, 15) is 19.7 Å². The Morgan fingerprint density at radius 1 is 1.14 bits per heavy atom. The molecule has 0 radical (unpaired) electrons. The minimum absolute atomic E-state index is 0.0969. The highest BCUT2D eigenvalue weighted by molar-refractivity contribution is 5.91.